The summed E-state index contributed by atoms with van der Waals surface area (Å²) in [6.07, 6.45) is 6.77. The molecule has 0 atom stereocenters. The molecule has 17 heavy (non-hydrogen) atoms. The number of hydrogen-bond acceptors (Lipinski definition) is 2. The Labute approximate surface area is 103 Å². The zero-order valence-electron chi connectivity index (χ0n) is 10.5. The Morgan fingerprint density at radius 3 is 2.76 bits per heavy atom. The van der Waals surface area contributed by atoms with E-state index in [4.69, 9.17) is 4.74 Å². The van der Waals surface area contributed by atoms with E-state index < -0.39 is 0 Å². The highest BCUT2D eigenvalue weighted by Gasteiger charge is 2.27. The molecule has 2 nitrogen and oxygen atoms in total. The van der Waals surface area contributed by atoms with Crippen LogP contribution in [0.5, 0.6) is 5.75 Å². The van der Waals surface area contributed by atoms with Gasteiger partial charge in [-0.15, -0.1) is 0 Å². The van der Waals surface area contributed by atoms with E-state index >= 15 is 0 Å². The van der Waals surface area contributed by atoms with Gasteiger partial charge in [-0.25, -0.2) is 0 Å². The average molecular weight is 229 g/mol. The van der Waals surface area contributed by atoms with E-state index in [0.717, 1.165) is 17.7 Å². The molecule has 0 saturated carbocycles. The molecule has 0 aromatic heterocycles. The molecule has 0 aliphatic carbocycles. The summed E-state index contributed by atoms with van der Waals surface area (Å²) in [6, 6.07) is 2.27. The minimum absolute atomic E-state index is 1.05. The maximum atomic E-state index is 5.61. The summed E-state index contributed by atoms with van der Waals surface area (Å²) in [5, 5.41) is 0. The smallest absolute Gasteiger partial charge is 0.131 e. The molecule has 2 aliphatic heterocycles. The number of hydrogen-bond donors (Lipinski definition) is 0. The van der Waals surface area contributed by atoms with Crippen LogP contribution in [0.25, 0.3) is 6.08 Å². The summed E-state index contributed by atoms with van der Waals surface area (Å²) < 4.78 is 5.61. The fraction of sp³-hybridized carbons (Fsp3) is 0.467. The van der Waals surface area contributed by atoms with Gasteiger partial charge in [-0.1, -0.05) is 12.7 Å². The van der Waals surface area contributed by atoms with E-state index in [1.807, 2.05) is 6.08 Å². The normalized spacial score (nSPS) is 17.6. The van der Waals surface area contributed by atoms with Gasteiger partial charge in [0, 0.05) is 29.9 Å². The highest BCUT2D eigenvalue weighted by Crippen LogP contribution is 2.42. The van der Waals surface area contributed by atoms with Crippen molar-refractivity contribution < 1.29 is 4.74 Å². The lowest BCUT2D eigenvalue weighted by Gasteiger charge is -2.38. The minimum Gasteiger partial charge on any atom is -0.496 e. The van der Waals surface area contributed by atoms with Crippen LogP contribution < -0.4 is 9.64 Å². The molecule has 2 aliphatic rings. The van der Waals surface area contributed by atoms with Crippen molar-refractivity contribution in [2.75, 3.05) is 25.1 Å². The molecule has 0 amide bonds. The predicted octanol–water partition coefficient (Wildman–Crippen LogP) is 3.04. The molecule has 1 aromatic carbocycles. The lowest BCUT2D eigenvalue weighted by atomic mass is 9.89. The first-order chi connectivity index (χ1) is 8.35. The highest BCUT2D eigenvalue weighted by atomic mass is 16.5. The molecule has 90 valence electrons. The Hall–Kier alpha value is -1.44. The summed E-state index contributed by atoms with van der Waals surface area (Å²) in [6.45, 7) is 6.32. The van der Waals surface area contributed by atoms with Gasteiger partial charge in [-0.05, 0) is 37.3 Å². The van der Waals surface area contributed by atoms with Crippen LogP contribution in [-0.2, 0) is 12.8 Å². The molecule has 0 fully saturated rings. The maximum absolute atomic E-state index is 5.61. The van der Waals surface area contributed by atoms with E-state index in [1.54, 1.807) is 7.11 Å². The fourth-order valence-corrected chi connectivity index (χ4v) is 3.25. The summed E-state index contributed by atoms with van der Waals surface area (Å²) in [7, 11) is 1.77. The zero-order valence-corrected chi connectivity index (χ0v) is 10.5. The fourth-order valence-electron chi connectivity index (χ4n) is 3.25. The van der Waals surface area contributed by atoms with E-state index in [2.05, 4.69) is 17.5 Å². The van der Waals surface area contributed by atoms with Gasteiger partial charge in [-0.2, -0.15) is 0 Å². The largest absolute Gasteiger partial charge is 0.496 e. The lowest BCUT2D eigenvalue weighted by molar-refractivity contribution is 0.406. The molecular formula is C15H19NO. The standard InChI is InChI=1S/C15H19NO/c1-3-11-10-12-6-4-8-16-9-5-7-13(14(12)16)15(11)17-2/h3,10H,1,4-9H2,2H3. The molecule has 0 spiro atoms. The van der Waals surface area contributed by atoms with Crippen molar-refractivity contribution in [3.8, 4) is 5.75 Å². The van der Waals surface area contributed by atoms with Crippen LogP contribution in [0.2, 0.25) is 0 Å². The Morgan fingerprint density at radius 1 is 1.29 bits per heavy atom. The first-order valence-corrected chi connectivity index (χ1v) is 6.45. The quantitative estimate of drug-likeness (QED) is 0.773. The van der Waals surface area contributed by atoms with Crippen LogP contribution in [0.1, 0.15) is 29.5 Å². The molecule has 0 unspecified atom stereocenters. The van der Waals surface area contributed by atoms with Gasteiger partial charge in [0.2, 0.25) is 0 Å². The molecule has 0 radical (unpaired) electrons. The second-order valence-corrected chi connectivity index (χ2v) is 4.88. The summed E-state index contributed by atoms with van der Waals surface area (Å²) in [5.41, 5.74) is 5.52. The number of rotatable bonds is 2. The second-order valence-electron chi connectivity index (χ2n) is 4.88. The number of aryl methyl sites for hydroxylation is 1. The zero-order chi connectivity index (χ0) is 11.8. The van der Waals surface area contributed by atoms with Gasteiger partial charge in [0.25, 0.3) is 0 Å². The van der Waals surface area contributed by atoms with Crippen molar-refractivity contribution in [1.29, 1.82) is 0 Å². The lowest BCUT2D eigenvalue weighted by Crippen LogP contribution is -2.34. The Kier molecular flexibility index (Phi) is 2.58. The predicted molar refractivity (Wildman–Crippen MR) is 71.9 cm³/mol. The summed E-state index contributed by atoms with van der Waals surface area (Å²) in [4.78, 5) is 2.53. The van der Waals surface area contributed by atoms with Gasteiger partial charge in [0.15, 0.2) is 0 Å². The molecule has 3 rings (SSSR count). The second kappa shape index (κ2) is 4.10. The van der Waals surface area contributed by atoms with Crippen molar-refractivity contribution in [2.45, 2.75) is 25.7 Å². The maximum Gasteiger partial charge on any atom is 0.131 e. The SMILES string of the molecule is C=Cc1cc2c3c(c1OC)CCCN3CCC2. The van der Waals surface area contributed by atoms with E-state index in [-0.39, 0.29) is 0 Å². The molecule has 0 N–H and O–H groups in total. The first kappa shape index (κ1) is 10.7. The molecule has 2 heterocycles. The summed E-state index contributed by atoms with van der Waals surface area (Å²) in [5.74, 6) is 1.05. The van der Waals surface area contributed by atoms with Crippen molar-refractivity contribution in [2.24, 2.45) is 0 Å². The highest BCUT2D eigenvalue weighted by molar-refractivity contribution is 5.73. The third kappa shape index (κ3) is 1.54. The number of ether oxygens (including phenoxy) is 1. The van der Waals surface area contributed by atoms with Crippen LogP contribution in [-0.4, -0.2) is 20.2 Å². The van der Waals surface area contributed by atoms with Crippen molar-refractivity contribution >= 4 is 11.8 Å². The van der Waals surface area contributed by atoms with E-state index in [1.165, 1.54) is 49.2 Å². The van der Waals surface area contributed by atoms with Crippen LogP contribution in [0.15, 0.2) is 12.6 Å². The van der Waals surface area contributed by atoms with Crippen LogP contribution in [0.4, 0.5) is 5.69 Å². The number of anilines is 1. The van der Waals surface area contributed by atoms with Crippen molar-refractivity contribution in [1.82, 2.24) is 0 Å². The topological polar surface area (TPSA) is 12.5 Å². The Bertz CT molecular complexity index is 462. The molecule has 0 bridgehead atoms. The van der Waals surface area contributed by atoms with Gasteiger partial charge in [0.1, 0.15) is 5.75 Å². The average Bonchev–Trinajstić information content (AvgIpc) is 2.39. The van der Waals surface area contributed by atoms with E-state index in [0.29, 0.717) is 0 Å². The molecule has 1 aromatic rings. The number of benzene rings is 1. The Balaban J connectivity index is 2.25. The number of methoxy groups -OCH3 is 1. The van der Waals surface area contributed by atoms with Crippen LogP contribution in [0.3, 0.4) is 0 Å². The van der Waals surface area contributed by atoms with Gasteiger partial charge < -0.3 is 9.64 Å². The monoisotopic (exact) mass is 229 g/mol. The van der Waals surface area contributed by atoms with E-state index in [9.17, 15) is 0 Å². The van der Waals surface area contributed by atoms with Gasteiger partial charge >= 0.3 is 0 Å². The molecule has 2 heteroatoms. The third-order valence-electron chi connectivity index (χ3n) is 3.93. The van der Waals surface area contributed by atoms with Gasteiger partial charge in [-0.3, -0.25) is 0 Å². The number of nitrogens with zero attached hydrogens (tertiary/aromatic N) is 1. The minimum atomic E-state index is 1.05. The first-order valence-electron chi connectivity index (χ1n) is 6.45. The van der Waals surface area contributed by atoms with Crippen LogP contribution >= 0.6 is 0 Å². The Morgan fingerprint density at radius 2 is 2.06 bits per heavy atom. The van der Waals surface area contributed by atoms with Gasteiger partial charge in [0.05, 0.1) is 7.11 Å². The molecule has 0 saturated heterocycles. The third-order valence-corrected chi connectivity index (χ3v) is 3.93. The van der Waals surface area contributed by atoms with Crippen molar-refractivity contribution in [3.05, 3.63) is 29.3 Å². The van der Waals surface area contributed by atoms with Crippen molar-refractivity contribution in [3.63, 3.8) is 0 Å². The molecular weight excluding hydrogens is 210 g/mol. The summed E-state index contributed by atoms with van der Waals surface area (Å²) >= 11 is 0. The van der Waals surface area contributed by atoms with Crippen LogP contribution in [0, 0.1) is 0 Å².